The predicted molar refractivity (Wildman–Crippen MR) is 236 cm³/mol. The lowest BCUT2D eigenvalue weighted by Gasteiger charge is -2.50. The molecule has 0 radical (unpaired) electrons. The molecule has 27 nitrogen and oxygen atoms in total. The second-order valence-corrected chi connectivity index (χ2v) is 20.1. The van der Waals surface area contributed by atoms with E-state index in [4.69, 9.17) is 71.1 Å². The molecular weight excluding hydrogens is 1020 g/mol. The highest BCUT2D eigenvalue weighted by molar-refractivity contribution is 8.72. The first kappa shape index (κ1) is 59.6. The van der Waals surface area contributed by atoms with Crippen molar-refractivity contribution < 1.29 is 127 Å². The molecular formula is C44H56O27S2. The molecule has 0 amide bonds. The van der Waals surface area contributed by atoms with Crippen molar-refractivity contribution in [3.63, 3.8) is 0 Å². The Morgan fingerprint density at radius 3 is 1.07 bits per heavy atom. The molecule has 0 unspecified atom stereocenters. The second kappa shape index (κ2) is 26.8. The van der Waals surface area contributed by atoms with Gasteiger partial charge in [-0.25, -0.2) is 8.42 Å². The first-order valence-corrected chi connectivity index (χ1v) is 24.9. The first-order chi connectivity index (χ1) is 34.2. The fourth-order valence-corrected chi connectivity index (χ4v) is 10.8. The number of carbonyl (C=O) groups excluding carboxylic acids is 10. The van der Waals surface area contributed by atoms with Crippen LogP contribution in [0.2, 0.25) is 0 Å². The van der Waals surface area contributed by atoms with Crippen LogP contribution in [0.25, 0.3) is 0 Å². The summed E-state index contributed by atoms with van der Waals surface area (Å²) >= 11 is 0. The normalized spacial score (nSPS) is 29.9. The van der Waals surface area contributed by atoms with E-state index in [1.165, 1.54) is 24.3 Å². The van der Waals surface area contributed by atoms with Crippen LogP contribution in [-0.4, -0.2) is 179 Å². The van der Waals surface area contributed by atoms with E-state index >= 15 is 0 Å². The fraction of sp³-hybridized carbons (Fsp3) is 0.636. The van der Waals surface area contributed by atoms with Crippen molar-refractivity contribution in [3.8, 4) is 0 Å². The van der Waals surface area contributed by atoms with E-state index in [0.717, 1.165) is 69.2 Å². The van der Waals surface area contributed by atoms with Gasteiger partial charge in [-0.15, -0.1) is 0 Å². The van der Waals surface area contributed by atoms with Crippen LogP contribution in [0.4, 0.5) is 0 Å². The summed E-state index contributed by atoms with van der Waals surface area (Å²) < 4.78 is 114. The van der Waals surface area contributed by atoms with Gasteiger partial charge in [0.25, 0.3) is 0 Å². The van der Waals surface area contributed by atoms with Gasteiger partial charge >= 0.3 is 59.7 Å². The van der Waals surface area contributed by atoms with Crippen LogP contribution in [0.15, 0.2) is 35.2 Å². The average Bonchev–Trinajstić information content (AvgIpc) is 3.26. The number of hydrogen-bond acceptors (Lipinski definition) is 28. The minimum Gasteiger partial charge on any atom is -0.463 e. The summed E-state index contributed by atoms with van der Waals surface area (Å²) in [6, 6.07) is 6.97. The van der Waals surface area contributed by atoms with Crippen molar-refractivity contribution in [2.45, 2.75) is 165 Å². The maximum absolute atomic E-state index is 13.8. The Morgan fingerprint density at radius 1 is 0.397 bits per heavy atom. The monoisotopic (exact) mass is 1080 g/mol. The molecule has 1 aromatic carbocycles. The molecule has 29 heteroatoms. The summed E-state index contributed by atoms with van der Waals surface area (Å²) in [6.07, 6.45) is -26.1. The van der Waals surface area contributed by atoms with Gasteiger partial charge in [0.15, 0.2) is 60.7 Å². The van der Waals surface area contributed by atoms with Crippen molar-refractivity contribution in [1.29, 1.82) is 0 Å². The van der Waals surface area contributed by atoms with Crippen LogP contribution in [0.5, 0.6) is 0 Å². The lowest BCUT2D eigenvalue weighted by Crippen LogP contribution is -2.68. The summed E-state index contributed by atoms with van der Waals surface area (Å²) in [5.74, 6) is -9.93. The fourth-order valence-electron chi connectivity index (χ4n) is 7.60. The maximum Gasteiger partial charge on any atom is 0.303 e. The summed E-state index contributed by atoms with van der Waals surface area (Å²) in [7, 11) is -4.24. The standard InChI is InChI=1S/C44H56O27S2/c1-19(45)57-16-30-33(60-22(4)48)36(61-23(5)49)39(64-26(8)52)42(67-30)70-34-31(17-58-20(2)46)68-43(40(65-27(9)53)37(34)62-24(6)50)71-35-32(18-59-21(3)47)69-44(41(66-28(10)54)38(35)63-25(7)51)72-73(55,56)29-14-12-11-13-15-29/h11-15,30-44H,16-18H2,1-10H3/t30-,31-,32-,33-,34-,35-,36+,37+,38+,39-,40-,41-,42-,43-,44+/m1/s1. The van der Waals surface area contributed by atoms with E-state index in [9.17, 15) is 56.4 Å². The quantitative estimate of drug-likeness (QED) is 0.0960. The smallest absolute Gasteiger partial charge is 0.303 e. The summed E-state index contributed by atoms with van der Waals surface area (Å²) in [6.45, 7) is 7.38. The average molecular weight is 1080 g/mol. The molecule has 3 saturated heterocycles. The predicted octanol–water partition coefficient (Wildman–Crippen LogP) is 0.265. The van der Waals surface area contributed by atoms with Gasteiger partial charge in [0.2, 0.25) is 8.87 Å². The highest BCUT2D eigenvalue weighted by Gasteiger charge is 2.60. The number of hydrogen-bond donors (Lipinski definition) is 0. The Labute approximate surface area is 421 Å². The van der Waals surface area contributed by atoms with Gasteiger partial charge in [-0.3, -0.25) is 47.9 Å². The Hall–Kier alpha value is -5.98. The largest absolute Gasteiger partial charge is 0.463 e. The number of rotatable bonds is 20. The zero-order valence-corrected chi connectivity index (χ0v) is 42.6. The van der Waals surface area contributed by atoms with Gasteiger partial charge in [0.05, 0.1) is 4.90 Å². The van der Waals surface area contributed by atoms with Crippen LogP contribution < -0.4 is 0 Å². The summed E-state index contributed by atoms with van der Waals surface area (Å²) in [4.78, 5) is 126. The SMILES string of the molecule is CC(=O)OC[C@H]1O[C@@H](SS(=O)(=O)c2ccccc2)[C@H](OC(C)=O)[C@@H](OC(C)=O)[C@@H]1O[C@H]1O[C@H](COC(C)=O)[C@@H](O[C@H]2O[C@H](COC(C)=O)[C@@H](OC(C)=O)[C@H](OC(C)=O)[C@H]2OC(C)=O)[C@H](OC(C)=O)[C@H]1OC(C)=O. The van der Waals surface area contributed by atoms with Crippen molar-refractivity contribution >= 4 is 79.4 Å². The Bertz CT molecular complexity index is 2290. The molecule has 0 N–H and O–H groups in total. The molecule has 73 heavy (non-hydrogen) atoms. The van der Waals surface area contributed by atoms with Crippen LogP contribution in [0.3, 0.4) is 0 Å². The lowest BCUT2D eigenvalue weighted by molar-refractivity contribution is -0.372. The highest BCUT2D eigenvalue weighted by Crippen LogP contribution is 2.41. The Kier molecular flexibility index (Phi) is 21.9. The van der Waals surface area contributed by atoms with E-state index in [2.05, 4.69) is 0 Å². The zero-order valence-electron chi connectivity index (χ0n) is 41.0. The van der Waals surface area contributed by atoms with Crippen molar-refractivity contribution in [2.24, 2.45) is 0 Å². The minimum atomic E-state index is -4.38. The van der Waals surface area contributed by atoms with Gasteiger partial charge in [-0.05, 0) is 12.1 Å². The molecule has 0 aromatic heterocycles. The van der Waals surface area contributed by atoms with E-state index in [0.29, 0.717) is 0 Å². The number of esters is 10. The van der Waals surface area contributed by atoms with Crippen LogP contribution in [0, 0.1) is 0 Å². The zero-order chi connectivity index (χ0) is 54.5. The molecule has 1 aromatic rings. The van der Waals surface area contributed by atoms with Gasteiger partial charge in [0.1, 0.15) is 50.3 Å². The summed E-state index contributed by atoms with van der Waals surface area (Å²) in [5.41, 5.74) is -1.76. The van der Waals surface area contributed by atoms with E-state index in [-0.39, 0.29) is 15.7 Å². The molecule has 3 heterocycles. The van der Waals surface area contributed by atoms with E-state index in [1.807, 2.05) is 0 Å². The molecule has 3 aliphatic rings. The lowest BCUT2D eigenvalue weighted by atomic mass is 9.95. The molecule has 0 bridgehead atoms. The third-order valence-electron chi connectivity index (χ3n) is 10.1. The molecule has 0 aliphatic carbocycles. The van der Waals surface area contributed by atoms with Gasteiger partial charge in [0, 0.05) is 80.0 Å². The molecule has 3 aliphatic heterocycles. The van der Waals surface area contributed by atoms with Crippen molar-refractivity contribution in [1.82, 2.24) is 0 Å². The number of benzene rings is 1. The third-order valence-corrected chi connectivity index (χ3v) is 13.7. The molecule has 4 rings (SSSR count). The van der Waals surface area contributed by atoms with Gasteiger partial charge < -0.3 is 71.1 Å². The van der Waals surface area contributed by atoms with Gasteiger partial charge in [-0.1, -0.05) is 18.2 Å². The Morgan fingerprint density at radius 2 is 0.699 bits per heavy atom. The number of ether oxygens (including phenoxy) is 15. The van der Waals surface area contributed by atoms with Crippen LogP contribution >= 0.6 is 10.8 Å². The highest BCUT2D eigenvalue weighted by atomic mass is 33.1. The first-order valence-electron chi connectivity index (χ1n) is 22.0. The molecule has 0 saturated carbocycles. The summed E-state index contributed by atoms with van der Waals surface area (Å²) in [5, 5.41) is 0. The van der Waals surface area contributed by atoms with Crippen LogP contribution in [-0.2, 0) is 128 Å². The van der Waals surface area contributed by atoms with Crippen molar-refractivity contribution in [3.05, 3.63) is 30.3 Å². The van der Waals surface area contributed by atoms with E-state index in [1.54, 1.807) is 6.07 Å². The minimum absolute atomic E-state index is 0.142. The molecule has 15 atom stereocenters. The van der Waals surface area contributed by atoms with E-state index < -0.39 is 180 Å². The van der Waals surface area contributed by atoms with Gasteiger partial charge in [-0.2, -0.15) is 0 Å². The molecule has 3 fully saturated rings. The molecule has 406 valence electrons. The number of carbonyl (C=O) groups is 10. The Balaban J connectivity index is 1.93. The van der Waals surface area contributed by atoms with Crippen molar-refractivity contribution in [2.75, 3.05) is 19.8 Å². The third kappa shape index (κ3) is 17.6. The second-order valence-electron chi connectivity index (χ2n) is 16.1. The molecule has 0 spiro atoms. The topological polar surface area (TPSA) is 343 Å². The van der Waals surface area contributed by atoms with Crippen LogP contribution in [0.1, 0.15) is 69.2 Å². The maximum atomic E-state index is 13.8.